The van der Waals surface area contributed by atoms with Gasteiger partial charge in [-0.1, -0.05) is 26.0 Å². The monoisotopic (exact) mass is 346 g/mol. The highest BCUT2D eigenvalue weighted by Crippen LogP contribution is 2.10. The van der Waals surface area contributed by atoms with Crippen LogP contribution in [0.15, 0.2) is 33.9 Å². The molecule has 1 aromatic heterocycles. The van der Waals surface area contributed by atoms with Gasteiger partial charge in [-0.15, -0.1) is 0 Å². The summed E-state index contributed by atoms with van der Waals surface area (Å²) in [6.45, 7) is 9.32. The summed E-state index contributed by atoms with van der Waals surface area (Å²) in [7, 11) is 0. The Morgan fingerprint density at radius 3 is 2.12 bits per heavy atom. The van der Waals surface area contributed by atoms with Gasteiger partial charge in [-0.25, -0.2) is 0 Å². The van der Waals surface area contributed by atoms with E-state index in [1.165, 1.54) is 9.13 Å². The predicted octanol–water partition coefficient (Wildman–Crippen LogP) is 0.641. The fourth-order valence-electron chi connectivity index (χ4n) is 2.93. The second-order valence-electron chi connectivity index (χ2n) is 5.81. The Kier molecular flexibility index (Phi) is 6.52. The molecule has 0 aliphatic rings. The molecule has 25 heavy (non-hydrogen) atoms. The topological polar surface area (TPSA) is 76.3 Å². The highest BCUT2D eigenvalue weighted by molar-refractivity contribution is 5.80. The smallest absolute Gasteiger partial charge is 0.317 e. The quantitative estimate of drug-likeness (QED) is 0.712. The Hall–Kier alpha value is -2.41. The first kappa shape index (κ1) is 18.9. The number of nitrogens with zero attached hydrogens (tertiary/aromatic N) is 3. The van der Waals surface area contributed by atoms with E-state index in [0.717, 1.165) is 19.6 Å². The lowest BCUT2D eigenvalue weighted by molar-refractivity contribution is -0.121. The molecule has 1 N–H and O–H groups in total. The summed E-state index contributed by atoms with van der Waals surface area (Å²) >= 11 is 0. The van der Waals surface area contributed by atoms with Gasteiger partial charge >= 0.3 is 11.1 Å². The van der Waals surface area contributed by atoms with Gasteiger partial charge in [0.05, 0.1) is 11.0 Å². The summed E-state index contributed by atoms with van der Waals surface area (Å²) < 4.78 is 2.70. The molecule has 0 atom stereocenters. The fraction of sp³-hybridized carbons (Fsp3) is 0.500. The lowest BCUT2D eigenvalue weighted by Gasteiger charge is -2.18. The summed E-state index contributed by atoms with van der Waals surface area (Å²) in [4.78, 5) is 39.1. The number of nitrogens with one attached hydrogen (secondary N) is 1. The molecule has 0 unspecified atom stereocenters. The van der Waals surface area contributed by atoms with Crippen molar-refractivity contribution in [2.75, 3.05) is 26.2 Å². The highest BCUT2D eigenvalue weighted by Gasteiger charge is 2.14. The van der Waals surface area contributed by atoms with Crippen LogP contribution < -0.4 is 16.4 Å². The molecule has 1 aromatic carbocycles. The molecular weight excluding hydrogens is 320 g/mol. The van der Waals surface area contributed by atoms with Crippen LogP contribution in [0.2, 0.25) is 0 Å². The SMILES string of the molecule is CCN(CC)CCNC(=O)Cn1c(=O)c(=O)n(CC)c2ccccc21. The summed E-state index contributed by atoms with van der Waals surface area (Å²) in [5.74, 6) is -0.270. The number of benzene rings is 1. The van der Waals surface area contributed by atoms with Gasteiger partial charge in [0, 0.05) is 19.6 Å². The predicted molar refractivity (Wildman–Crippen MR) is 98.9 cm³/mol. The maximum atomic E-state index is 12.4. The van der Waals surface area contributed by atoms with Crippen LogP contribution in [0.1, 0.15) is 20.8 Å². The Balaban J connectivity index is 2.24. The van der Waals surface area contributed by atoms with Crippen molar-refractivity contribution in [1.29, 1.82) is 0 Å². The molecule has 0 aliphatic heterocycles. The van der Waals surface area contributed by atoms with Gasteiger partial charge in [0.2, 0.25) is 5.91 Å². The number of carbonyl (C=O) groups is 1. The number of aryl methyl sites for hydroxylation is 1. The minimum absolute atomic E-state index is 0.155. The van der Waals surface area contributed by atoms with Crippen molar-refractivity contribution in [3.8, 4) is 0 Å². The number of hydrogen-bond acceptors (Lipinski definition) is 4. The van der Waals surface area contributed by atoms with E-state index < -0.39 is 11.1 Å². The van der Waals surface area contributed by atoms with Crippen LogP contribution in [0.3, 0.4) is 0 Å². The van der Waals surface area contributed by atoms with Crippen molar-refractivity contribution in [3.05, 3.63) is 45.0 Å². The Bertz CT molecular complexity index is 850. The van der Waals surface area contributed by atoms with Crippen LogP contribution >= 0.6 is 0 Å². The van der Waals surface area contributed by atoms with Gasteiger partial charge in [0.1, 0.15) is 6.54 Å². The van der Waals surface area contributed by atoms with E-state index in [-0.39, 0.29) is 12.5 Å². The van der Waals surface area contributed by atoms with Gasteiger partial charge in [0.25, 0.3) is 0 Å². The maximum Gasteiger partial charge on any atom is 0.317 e. The number of likely N-dealkylation sites (N-methyl/N-ethyl adjacent to an activating group) is 1. The standard InChI is InChI=1S/C18H26N4O3/c1-4-20(5-2)12-11-19-16(23)13-22-15-10-8-7-9-14(15)21(6-3)17(24)18(22)25/h7-10H,4-6,11-13H2,1-3H3,(H,19,23). The zero-order valence-corrected chi connectivity index (χ0v) is 15.1. The van der Waals surface area contributed by atoms with Crippen molar-refractivity contribution >= 4 is 16.9 Å². The molecule has 2 aromatic rings. The van der Waals surface area contributed by atoms with Crippen molar-refractivity contribution in [3.63, 3.8) is 0 Å². The highest BCUT2D eigenvalue weighted by atomic mass is 16.2. The minimum atomic E-state index is -0.667. The molecule has 0 spiro atoms. The molecule has 7 heteroatoms. The van der Waals surface area contributed by atoms with E-state index >= 15 is 0 Å². The zero-order valence-electron chi connectivity index (χ0n) is 15.1. The van der Waals surface area contributed by atoms with Crippen LogP contribution in [-0.4, -0.2) is 46.1 Å². The van der Waals surface area contributed by atoms with Crippen molar-refractivity contribution in [2.45, 2.75) is 33.9 Å². The third-order valence-electron chi connectivity index (χ3n) is 4.40. The summed E-state index contributed by atoms with van der Waals surface area (Å²) in [5, 5.41) is 2.82. The van der Waals surface area contributed by atoms with Gasteiger partial charge in [-0.2, -0.15) is 0 Å². The van der Waals surface area contributed by atoms with E-state index in [0.29, 0.717) is 24.1 Å². The van der Waals surface area contributed by atoms with E-state index in [1.807, 2.05) is 13.0 Å². The molecule has 0 aliphatic carbocycles. The maximum absolute atomic E-state index is 12.4. The van der Waals surface area contributed by atoms with Crippen LogP contribution in [0.4, 0.5) is 0 Å². The van der Waals surface area contributed by atoms with E-state index in [2.05, 4.69) is 24.1 Å². The number of para-hydroxylation sites is 2. The third-order valence-corrected chi connectivity index (χ3v) is 4.40. The van der Waals surface area contributed by atoms with Crippen LogP contribution in [0, 0.1) is 0 Å². The minimum Gasteiger partial charge on any atom is -0.353 e. The molecule has 2 rings (SSSR count). The molecule has 7 nitrogen and oxygen atoms in total. The normalized spacial score (nSPS) is 11.2. The molecule has 1 amide bonds. The lowest BCUT2D eigenvalue weighted by atomic mass is 10.2. The van der Waals surface area contributed by atoms with Crippen molar-refractivity contribution in [2.24, 2.45) is 0 Å². The Labute approximate surface area is 146 Å². The van der Waals surface area contributed by atoms with Gasteiger partial charge in [-0.3, -0.25) is 19.0 Å². The van der Waals surface area contributed by atoms with Gasteiger partial charge in [-0.05, 0) is 32.1 Å². The third kappa shape index (κ3) is 4.17. The molecule has 0 saturated heterocycles. The number of rotatable bonds is 8. The lowest BCUT2D eigenvalue weighted by Crippen LogP contribution is -2.44. The first-order valence-corrected chi connectivity index (χ1v) is 8.74. The van der Waals surface area contributed by atoms with E-state index in [1.54, 1.807) is 18.2 Å². The second-order valence-corrected chi connectivity index (χ2v) is 5.81. The molecule has 0 saturated carbocycles. The molecular formula is C18H26N4O3. The molecule has 0 radical (unpaired) electrons. The van der Waals surface area contributed by atoms with Crippen LogP contribution in [0.5, 0.6) is 0 Å². The van der Waals surface area contributed by atoms with Gasteiger partial charge in [0.15, 0.2) is 0 Å². The summed E-state index contributed by atoms with van der Waals surface area (Å²) in [5.41, 5.74) is -0.0185. The van der Waals surface area contributed by atoms with Crippen molar-refractivity contribution in [1.82, 2.24) is 19.4 Å². The first-order valence-electron chi connectivity index (χ1n) is 8.74. The summed E-state index contributed by atoms with van der Waals surface area (Å²) in [6.07, 6.45) is 0. The van der Waals surface area contributed by atoms with Crippen LogP contribution in [-0.2, 0) is 17.9 Å². The Morgan fingerprint density at radius 2 is 1.56 bits per heavy atom. The first-order chi connectivity index (χ1) is 12.0. The number of fused-ring (bicyclic) bond motifs is 1. The van der Waals surface area contributed by atoms with E-state index in [4.69, 9.17) is 0 Å². The molecule has 1 heterocycles. The van der Waals surface area contributed by atoms with E-state index in [9.17, 15) is 14.4 Å². The number of amides is 1. The van der Waals surface area contributed by atoms with Crippen molar-refractivity contribution < 1.29 is 4.79 Å². The average molecular weight is 346 g/mol. The Morgan fingerprint density at radius 1 is 1.00 bits per heavy atom. The number of hydrogen-bond donors (Lipinski definition) is 1. The van der Waals surface area contributed by atoms with Gasteiger partial charge < -0.3 is 14.8 Å². The second kappa shape index (κ2) is 8.62. The largest absolute Gasteiger partial charge is 0.353 e. The zero-order chi connectivity index (χ0) is 18.4. The number of aromatic nitrogens is 2. The fourth-order valence-corrected chi connectivity index (χ4v) is 2.93. The molecule has 136 valence electrons. The number of carbonyl (C=O) groups excluding carboxylic acids is 1. The van der Waals surface area contributed by atoms with Crippen LogP contribution in [0.25, 0.3) is 11.0 Å². The molecule has 0 fully saturated rings. The molecule has 0 bridgehead atoms. The summed E-state index contributed by atoms with van der Waals surface area (Å²) in [6, 6.07) is 7.15. The average Bonchev–Trinajstić information content (AvgIpc) is 2.63.